The zero-order valence-electron chi connectivity index (χ0n) is 23.7. The lowest BCUT2D eigenvalue weighted by Gasteiger charge is -2.29. The number of carbonyl (C=O) groups excluding carboxylic acids is 1. The third kappa shape index (κ3) is 6.00. The lowest BCUT2D eigenvalue weighted by atomic mass is 10.1. The second-order valence-electron chi connectivity index (χ2n) is 10.9. The van der Waals surface area contributed by atoms with Crippen LogP contribution in [0.2, 0.25) is 0 Å². The molecular weight excluding hydrogens is 547 g/mol. The highest BCUT2D eigenvalue weighted by molar-refractivity contribution is 7.95. The maximum atomic E-state index is 14.1. The summed E-state index contributed by atoms with van der Waals surface area (Å²) in [7, 11) is 0. The molecule has 216 valence electrons. The third-order valence-corrected chi connectivity index (χ3v) is 11.5. The van der Waals surface area contributed by atoms with Crippen LogP contribution >= 0.6 is 6.89 Å². The van der Waals surface area contributed by atoms with Crippen molar-refractivity contribution in [1.29, 1.82) is 0 Å². The van der Waals surface area contributed by atoms with Crippen LogP contribution in [0.15, 0.2) is 121 Å². The van der Waals surface area contributed by atoms with Crippen molar-refractivity contribution in [3.63, 3.8) is 0 Å². The number of ether oxygens (including phenoxy) is 5. The molecule has 0 saturated carbocycles. The topological polar surface area (TPSA) is 63.2 Å². The molecule has 2 fully saturated rings. The van der Waals surface area contributed by atoms with Crippen LogP contribution in [0.4, 0.5) is 0 Å². The summed E-state index contributed by atoms with van der Waals surface area (Å²) in [5.41, 5.74) is 1.05. The van der Waals surface area contributed by atoms with Gasteiger partial charge in [0.25, 0.3) is 0 Å². The summed E-state index contributed by atoms with van der Waals surface area (Å²) in [6.07, 6.45) is -2.48. The molecule has 2 aliphatic heterocycles. The molecule has 0 aliphatic carbocycles. The maximum absolute atomic E-state index is 14.1. The van der Waals surface area contributed by atoms with Gasteiger partial charge in [-0.15, -0.1) is 0 Å². The summed E-state index contributed by atoms with van der Waals surface area (Å²) in [6, 6.07) is 40.5. The van der Waals surface area contributed by atoms with E-state index < -0.39 is 43.2 Å². The van der Waals surface area contributed by atoms with Gasteiger partial charge >= 0.3 is 5.97 Å². The Hall–Kier alpha value is -3.51. The molecule has 0 bridgehead atoms. The van der Waals surface area contributed by atoms with Gasteiger partial charge in [0.05, 0.1) is 13.2 Å². The van der Waals surface area contributed by atoms with Gasteiger partial charge in [-0.05, 0) is 42.2 Å². The molecule has 7 heteroatoms. The largest absolute Gasteiger partial charge is 0.453 e. The summed E-state index contributed by atoms with van der Waals surface area (Å²) < 4.78 is 30.7. The molecule has 0 spiro atoms. The number of hydrogen-bond donors (Lipinski definition) is 0. The molecule has 0 unspecified atom stereocenters. The van der Waals surface area contributed by atoms with Gasteiger partial charge in [-0.25, -0.2) is 4.79 Å². The van der Waals surface area contributed by atoms with Gasteiger partial charge in [-0.1, -0.05) is 121 Å². The smallest absolute Gasteiger partial charge is 0.332 e. The summed E-state index contributed by atoms with van der Waals surface area (Å²) >= 11 is 0. The van der Waals surface area contributed by atoms with Gasteiger partial charge in [0.2, 0.25) is 0 Å². The van der Waals surface area contributed by atoms with E-state index in [1.54, 1.807) is 5.80 Å². The lowest BCUT2D eigenvalue weighted by molar-refractivity contribution is -0.223. The second-order valence-corrected chi connectivity index (χ2v) is 14.2. The SMILES string of the molecule is CC1(C)O[C@H]2O[C@H](COCc3ccccc3)[C@H](OC(=O)C=P(c3ccccc3)(c3ccccc3)c3ccccc3)[C@H]2O1. The minimum absolute atomic E-state index is 0.226. The van der Waals surface area contributed by atoms with Crippen molar-refractivity contribution in [3.05, 3.63) is 127 Å². The Morgan fingerprint density at radius 1 is 0.762 bits per heavy atom. The summed E-state index contributed by atoms with van der Waals surface area (Å²) in [4.78, 5) is 14.1. The average Bonchev–Trinajstić information content (AvgIpc) is 3.49. The molecule has 0 amide bonds. The second kappa shape index (κ2) is 12.4. The molecule has 6 nitrogen and oxygen atoms in total. The zero-order valence-corrected chi connectivity index (χ0v) is 24.6. The molecule has 2 aliphatic rings. The number of esters is 1. The monoisotopic (exact) mass is 582 g/mol. The van der Waals surface area contributed by atoms with Crippen molar-refractivity contribution in [2.24, 2.45) is 0 Å². The van der Waals surface area contributed by atoms with Gasteiger partial charge in [-0.3, -0.25) is 0 Å². The van der Waals surface area contributed by atoms with Crippen LogP contribution in [0.1, 0.15) is 19.4 Å². The van der Waals surface area contributed by atoms with E-state index in [1.165, 1.54) is 0 Å². The van der Waals surface area contributed by atoms with Crippen molar-refractivity contribution in [2.45, 2.75) is 50.8 Å². The molecular formula is C35H35O6P. The molecule has 4 aromatic carbocycles. The predicted octanol–water partition coefficient (Wildman–Crippen LogP) is 4.79. The standard InChI is InChI=1S/C35H35O6P/c1-35(2)40-33-32(30(38-34(33)41-35)24-37-23-26-15-7-3-8-16-26)39-31(36)25-42(27-17-9-4-10-18-27,28-19-11-5-12-20-28)29-21-13-6-14-22-29/h3-22,25,30,32-34H,23-24H2,1-2H3/t30-,32+,33-,34-/m1/s1. The quantitative estimate of drug-likeness (QED) is 0.209. The van der Waals surface area contributed by atoms with E-state index in [1.807, 2.05) is 98.8 Å². The molecule has 0 radical (unpaired) electrons. The van der Waals surface area contributed by atoms with E-state index in [0.29, 0.717) is 6.61 Å². The molecule has 4 aromatic rings. The van der Waals surface area contributed by atoms with E-state index >= 15 is 0 Å². The lowest BCUT2D eigenvalue weighted by Crippen LogP contribution is -2.41. The molecule has 0 aromatic heterocycles. The van der Waals surface area contributed by atoms with Gasteiger partial charge < -0.3 is 23.7 Å². The minimum atomic E-state index is -2.54. The van der Waals surface area contributed by atoms with Crippen LogP contribution in [0.25, 0.3) is 0 Å². The molecule has 2 saturated heterocycles. The first-order valence-electron chi connectivity index (χ1n) is 14.2. The minimum Gasteiger partial charge on any atom is -0.453 e. The van der Waals surface area contributed by atoms with Gasteiger partial charge in [-0.2, -0.15) is 0 Å². The normalized spacial score (nSPS) is 22.8. The molecule has 4 atom stereocenters. The van der Waals surface area contributed by atoms with Gasteiger partial charge in [0.1, 0.15) is 6.10 Å². The Labute approximate surface area is 247 Å². The number of fused-ring (bicyclic) bond motifs is 1. The highest BCUT2D eigenvalue weighted by Crippen LogP contribution is 2.44. The highest BCUT2D eigenvalue weighted by Gasteiger charge is 2.56. The number of carbonyl (C=O) groups is 1. The fourth-order valence-electron chi connectivity index (χ4n) is 5.67. The third-order valence-electron chi connectivity index (χ3n) is 7.52. The number of hydrogen-bond acceptors (Lipinski definition) is 6. The van der Waals surface area contributed by atoms with Crippen LogP contribution < -0.4 is 15.9 Å². The Balaban J connectivity index is 1.35. The zero-order chi connectivity index (χ0) is 29.0. The van der Waals surface area contributed by atoms with Crippen LogP contribution in [-0.4, -0.2) is 48.8 Å². The van der Waals surface area contributed by atoms with Crippen molar-refractivity contribution in [1.82, 2.24) is 0 Å². The Morgan fingerprint density at radius 2 is 1.26 bits per heavy atom. The van der Waals surface area contributed by atoms with E-state index in [9.17, 15) is 4.79 Å². The number of rotatable bonds is 9. The first-order valence-corrected chi connectivity index (χ1v) is 16.1. The maximum Gasteiger partial charge on any atom is 0.332 e. The Morgan fingerprint density at radius 3 is 1.79 bits per heavy atom. The van der Waals surface area contributed by atoms with Crippen LogP contribution in [0.3, 0.4) is 0 Å². The van der Waals surface area contributed by atoms with Crippen LogP contribution in [-0.2, 0) is 35.1 Å². The first kappa shape index (κ1) is 28.6. The van der Waals surface area contributed by atoms with E-state index in [2.05, 4.69) is 36.4 Å². The average molecular weight is 583 g/mol. The van der Waals surface area contributed by atoms with Crippen LogP contribution in [0.5, 0.6) is 0 Å². The van der Waals surface area contributed by atoms with E-state index in [0.717, 1.165) is 21.5 Å². The predicted molar refractivity (Wildman–Crippen MR) is 166 cm³/mol. The molecule has 42 heavy (non-hydrogen) atoms. The number of benzene rings is 4. The fourth-order valence-corrected chi connectivity index (χ4v) is 9.32. The van der Waals surface area contributed by atoms with E-state index in [4.69, 9.17) is 23.7 Å². The summed E-state index contributed by atoms with van der Waals surface area (Å²) in [5, 5.41) is 3.18. The van der Waals surface area contributed by atoms with Gasteiger partial charge in [0.15, 0.2) is 24.3 Å². The van der Waals surface area contributed by atoms with Crippen molar-refractivity contribution < 1.29 is 28.5 Å². The molecule has 6 rings (SSSR count). The molecule has 0 N–H and O–H groups in total. The fraction of sp³-hybridized carbons (Fsp3) is 0.257. The summed E-state index contributed by atoms with van der Waals surface area (Å²) in [6.45, 7) is 1.76. The molecule has 2 heterocycles. The Kier molecular flexibility index (Phi) is 8.43. The van der Waals surface area contributed by atoms with Gasteiger partial charge in [0, 0.05) is 5.80 Å². The highest BCUT2D eigenvalue weighted by atomic mass is 31.2. The van der Waals surface area contributed by atoms with Crippen molar-refractivity contribution >= 4 is 34.6 Å². The summed E-state index contributed by atoms with van der Waals surface area (Å²) in [5.74, 6) is 0.493. The van der Waals surface area contributed by atoms with E-state index in [-0.39, 0.29) is 6.61 Å². The van der Waals surface area contributed by atoms with Crippen molar-refractivity contribution in [3.8, 4) is 0 Å². The first-order chi connectivity index (χ1) is 20.4. The van der Waals surface area contributed by atoms with Crippen LogP contribution in [0, 0.1) is 0 Å². The van der Waals surface area contributed by atoms with Crippen molar-refractivity contribution in [2.75, 3.05) is 6.61 Å². The Bertz CT molecular complexity index is 1420.